The van der Waals surface area contributed by atoms with Gasteiger partial charge in [0.05, 0.1) is 0 Å². The minimum Gasteiger partial charge on any atom is -0.282 e. The van der Waals surface area contributed by atoms with Crippen molar-refractivity contribution in [2.45, 2.75) is 13.8 Å². The predicted molar refractivity (Wildman–Crippen MR) is 53.8 cm³/mol. The molecular weight excluding hydrogens is 156 g/mol. The quantitative estimate of drug-likeness (QED) is 0.391. The van der Waals surface area contributed by atoms with Crippen molar-refractivity contribution in [3.63, 3.8) is 0 Å². The summed E-state index contributed by atoms with van der Waals surface area (Å²) in [5.74, 6) is 0. The van der Waals surface area contributed by atoms with Crippen LogP contribution in [0, 0.1) is 0 Å². The summed E-state index contributed by atoms with van der Waals surface area (Å²) in [5, 5.41) is -0.287. The topological polar surface area (TPSA) is 17.1 Å². The van der Waals surface area contributed by atoms with E-state index < -0.39 is 0 Å². The highest BCUT2D eigenvalue weighted by molar-refractivity contribution is 7.97. The lowest BCUT2D eigenvalue weighted by Crippen LogP contribution is -1.86. The largest absolute Gasteiger partial charge is 0.282 e. The molecule has 0 saturated heterocycles. The Bertz CT molecular complexity index is 168. The van der Waals surface area contributed by atoms with Gasteiger partial charge in [0.25, 0.3) is 0 Å². The van der Waals surface area contributed by atoms with Gasteiger partial charge in [-0.1, -0.05) is 45.2 Å². The van der Waals surface area contributed by atoms with Crippen molar-refractivity contribution in [3.05, 3.63) is 37.0 Å². The number of carbonyl (C=O) groups excluding carboxylic acids is 1. The first-order valence-corrected chi connectivity index (χ1v) is 3.85. The van der Waals surface area contributed by atoms with Crippen LogP contribution in [0.4, 0.5) is 0 Å². The Morgan fingerprint density at radius 3 is 1.91 bits per heavy atom. The van der Waals surface area contributed by atoms with E-state index in [9.17, 15) is 4.79 Å². The Hall–Kier alpha value is -0.760. The Balaban J connectivity index is 0. The minimum atomic E-state index is -0.287. The highest BCUT2D eigenvalue weighted by Crippen LogP contribution is 1.99. The zero-order chi connectivity index (χ0) is 9.28. The average molecular weight is 170 g/mol. The van der Waals surface area contributed by atoms with E-state index in [4.69, 9.17) is 0 Å². The van der Waals surface area contributed by atoms with Crippen LogP contribution in [0.15, 0.2) is 37.0 Å². The molecule has 0 aromatic heterocycles. The molecule has 2 heteroatoms. The number of rotatable bonds is 3. The summed E-state index contributed by atoms with van der Waals surface area (Å²) in [5.41, 5.74) is 0.466. The molecule has 0 aromatic carbocycles. The molecule has 0 aliphatic rings. The van der Waals surface area contributed by atoms with Gasteiger partial charge in [0.15, 0.2) is 0 Å². The fourth-order valence-corrected chi connectivity index (χ4v) is 0.519. The second kappa shape index (κ2) is 9.24. The molecule has 0 aliphatic carbocycles. The maximum absolute atomic E-state index is 10.4. The Morgan fingerprint density at radius 2 is 1.82 bits per heavy atom. The summed E-state index contributed by atoms with van der Waals surface area (Å²) < 4.78 is 0. The molecule has 0 saturated carbocycles. The van der Waals surface area contributed by atoms with Crippen LogP contribution >= 0.6 is 12.6 Å². The molecule has 0 aliphatic heterocycles. The van der Waals surface area contributed by atoms with Crippen LogP contribution in [0.3, 0.4) is 0 Å². The molecule has 62 valence electrons. The third-order valence-electron chi connectivity index (χ3n) is 0.764. The fourth-order valence-electron chi connectivity index (χ4n) is 0.354. The van der Waals surface area contributed by atoms with Crippen molar-refractivity contribution in [1.82, 2.24) is 0 Å². The monoisotopic (exact) mass is 170 g/mol. The lowest BCUT2D eigenvalue weighted by Gasteiger charge is -1.87. The van der Waals surface area contributed by atoms with Crippen LogP contribution in [0.2, 0.25) is 0 Å². The van der Waals surface area contributed by atoms with Crippen LogP contribution in [0.5, 0.6) is 0 Å². The maximum atomic E-state index is 10.4. The molecule has 0 spiro atoms. The van der Waals surface area contributed by atoms with E-state index in [1.54, 1.807) is 6.08 Å². The van der Waals surface area contributed by atoms with Gasteiger partial charge in [0.1, 0.15) is 0 Å². The molecule has 0 radical (unpaired) electrons. The molecule has 0 N–H and O–H groups in total. The molecule has 0 heterocycles. The van der Waals surface area contributed by atoms with Gasteiger partial charge < -0.3 is 0 Å². The van der Waals surface area contributed by atoms with Gasteiger partial charge in [-0.25, -0.2) is 0 Å². The van der Waals surface area contributed by atoms with Crippen molar-refractivity contribution >= 4 is 17.7 Å². The lowest BCUT2D eigenvalue weighted by molar-refractivity contribution is -0.107. The van der Waals surface area contributed by atoms with Gasteiger partial charge in [-0.05, 0) is 0 Å². The highest BCUT2D eigenvalue weighted by atomic mass is 32.1. The van der Waals surface area contributed by atoms with E-state index in [1.807, 2.05) is 13.8 Å². The van der Waals surface area contributed by atoms with Crippen LogP contribution < -0.4 is 0 Å². The van der Waals surface area contributed by atoms with Crippen LogP contribution in [0.25, 0.3) is 0 Å². The highest BCUT2D eigenvalue weighted by Gasteiger charge is 1.94. The Kier molecular flexibility index (Phi) is 10.8. The van der Waals surface area contributed by atoms with Crippen molar-refractivity contribution in [2.24, 2.45) is 0 Å². The normalized spacial score (nSPS) is 9.18. The van der Waals surface area contributed by atoms with Gasteiger partial charge in [0.2, 0.25) is 5.12 Å². The van der Waals surface area contributed by atoms with E-state index in [1.165, 1.54) is 12.2 Å². The van der Waals surface area contributed by atoms with Crippen molar-refractivity contribution < 1.29 is 4.79 Å². The van der Waals surface area contributed by atoms with Crippen LogP contribution in [-0.2, 0) is 4.79 Å². The van der Waals surface area contributed by atoms with E-state index in [-0.39, 0.29) is 5.12 Å². The molecule has 0 fully saturated rings. The second-order valence-corrected chi connectivity index (χ2v) is 1.77. The first kappa shape index (κ1) is 12.9. The van der Waals surface area contributed by atoms with Gasteiger partial charge in [-0.15, -0.1) is 12.6 Å². The van der Waals surface area contributed by atoms with Gasteiger partial charge in [-0.3, -0.25) is 4.79 Å². The zero-order valence-corrected chi connectivity index (χ0v) is 7.90. The lowest BCUT2D eigenvalue weighted by atomic mass is 10.3. The molecule has 1 nitrogen and oxygen atoms in total. The average Bonchev–Trinajstić information content (AvgIpc) is 2.03. The molecule has 0 aromatic rings. The fraction of sp³-hybridized carbons (Fsp3) is 0.222. The van der Waals surface area contributed by atoms with Crippen LogP contribution in [-0.4, -0.2) is 5.12 Å². The minimum absolute atomic E-state index is 0.287. The molecule has 0 unspecified atom stereocenters. The van der Waals surface area contributed by atoms with Crippen molar-refractivity contribution in [1.29, 1.82) is 0 Å². The van der Waals surface area contributed by atoms with Crippen LogP contribution in [0.1, 0.15) is 13.8 Å². The number of carbonyl (C=O) groups is 1. The van der Waals surface area contributed by atoms with Crippen molar-refractivity contribution in [3.8, 4) is 0 Å². The van der Waals surface area contributed by atoms with E-state index in [0.717, 1.165) is 0 Å². The molecule has 0 amide bonds. The first-order chi connectivity index (χ1) is 5.22. The standard InChI is InChI=1S/C7H8OS.C2H6/c1-3-5-6(4-2)7(8)9;1-2/h3-5H,1-2H2,(H,8,9);1-2H3/b6-5+;. The summed E-state index contributed by atoms with van der Waals surface area (Å²) >= 11 is 3.58. The number of allylic oxidation sites excluding steroid dienone is 3. The molecule has 0 atom stereocenters. The maximum Gasteiger partial charge on any atom is 0.216 e. The Labute approximate surface area is 73.9 Å². The number of hydrogen-bond donors (Lipinski definition) is 1. The summed E-state index contributed by atoms with van der Waals surface area (Å²) in [6.45, 7) is 10.8. The SMILES string of the molecule is C=C/C=C(\C=C)C(=O)S.CC. The van der Waals surface area contributed by atoms with E-state index >= 15 is 0 Å². The summed E-state index contributed by atoms with van der Waals surface area (Å²) in [7, 11) is 0. The first-order valence-electron chi connectivity index (χ1n) is 3.40. The van der Waals surface area contributed by atoms with E-state index in [0.29, 0.717) is 5.57 Å². The summed E-state index contributed by atoms with van der Waals surface area (Å²) in [6, 6.07) is 0. The summed E-state index contributed by atoms with van der Waals surface area (Å²) in [4.78, 5) is 10.4. The van der Waals surface area contributed by atoms with Crippen molar-refractivity contribution in [2.75, 3.05) is 0 Å². The Morgan fingerprint density at radius 1 is 1.36 bits per heavy atom. The molecular formula is C9H14OS. The van der Waals surface area contributed by atoms with E-state index in [2.05, 4.69) is 25.8 Å². The zero-order valence-electron chi connectivity index (χ0n) is 7.00. The van der Waals surface area contributed by atoms with Gasteiger partial charge in [0, 0.05) is 5.57 Å². The third kappa shape index (κ3) is 7.13. The number of hydrogen-bond acceptors (Lipinski definition) is 1. The van der Waals surface area contributed by atoms with Gasteiger partial charge >= 0.3 is 0 Å². The number of thiol groups is 1. The smallest absolute Gasteiger partial charge is 0.216 e. The molecule has 11 heavy (non-hydrogen) atoms. The summed E-state index contributed by atoms with van der Waals surface area (Å²) in [6.07, 6.45) is 4.52. The molecule has 0 bridgehead atoms. The predicted octanol–water partition coefficient (Wildman–Crippen LogP) is 2.77. The second-order valence-electron chi connectivity index (χ2n) is 1.37. The third-order valence-corrected chi connectivity index (χ3v) is 1.02. The molecule has 0 rings (SSSR count). The van der Waals surface area contributed by atoms with Gasteiger partial charge in [-0.2, -0.15) is 0 Å².